The van der Waals surface area contributed by atoms with Gasteiger partial charge in [0.05, 0.1) is 17.7 Å². The maximum atomic E-state index is 13.7. The molecule has 1 aliphatic rings. The molecule has 3 aromatic rings. The molecule has 4 rings (SSSR count). The predicted molar refractivity (Wildman–Crippen MR) is 140 cm³/mol. The van der Waals surface area contributed by atoms with E-state index in [1.54, 1.807) is 36.4 Å². The Balaban J connectivity index is 1.62. The molecular weight excluding hydrogens is 462 g/mol. The number of sulfonamides is 1. The monoisotopic (exact) mass is 493 g/mol. The van der Waals surface area contributed by atoms with E-state index in [1.807, 2.05) is 44.2 Å². The van der Waals surface area contributed by atoms with Crippen molar-refractivity contribution in [3.05, 3.63) is 77.9 Å². The van der Waals surface area contributed by atoms with Gasteiger partial charge < -0.3 is 15.0 Å². The third-order valence-corrected chi connectivity index (χ3v) is 7.90. The van der Waals surface area contributed by atoms with E-state index in [-0.39, 0.29) is 4.90 Å². The first-order valence-electron chi connectivity index (χ1n) is 11.7. The number of anilines is 3. The molecule has 0 aromatic heterocycles. The molecule has 1 saturated heterocycles. The fourth-order valence-electron chi connectivity index (χ4n) is 4.19. The molecular formula is C27H31N3O4S. The summed E-state index contributed by atoms with van der Waals surface area (Å²) in [5.74, 6) is -0.0766. The number of rotatable bonds is 8. The number of hydrogen-bond donors (Lipinski definition) is 1. The molecule has 1 N–H and O–H groups in total. The van der Waals surface area contributed by atoms with E-state index in [0.29, 0.717) is 17.1 Å². The number of amides is 1. The number of methoxy groups -OCH3 is 1. The van der Waals surface area contributed by atoms with E-state index >= 15 is 0 Å². The molecule has 8 heteroatoms. The zero-order valence-electron chi connectivity index (χ0n) is 20.3. The van der Waals surface area contributed by atoms with Gasteiger partial charge in [0, 0.05) is 24.5 Å². The zero-order valence-corrected chi connectivity index (χ0v) is 21.1. The molecule has 1 fully saturated rings. The average molecular weight is 494 g/mol. The van der Waals surface area contributed by atoms with E-state index in [2.05, 4.69) is 10.2 Å². The molecule has 1 heterocycles. The summed E-state index contributed by atoms with van der Waals surface area (Å²) in [6.07, 6.45) is 2.37. The number of ether oxygens (including phenoxy) is 1. The maximum Gasteiger partial charge on any atom is 0.264 e. The molecule has 0 atom stereocenters. The minimum absolute atomic E-state index is 0.106. The molecule has 0 aliphatic carbocycles. The van der Waals surface area contributed by atoms with Crippen molar-refractivity contribution in [1.29, 1.82) is 0 Å². The Morgan fingerprint density at radius 2 is 1.57 bits per heavy atom. The van der Waals surface area contributed by atoms with E-state index < -0.39 is 22.5 Å². The van der Waals surface area contributed by atoms with Crippen LogP contribution >= 0.6 is 0 Å². The second-order valence-corrected chi connectivity index (χ2v) is 10.7. The molecule has 35 heavy (non-hydrogen) atoms. The first kappa shape index (κ1) is 24.6. The maximum absolute atomic E-state index is 13.7. The van der Waals surface area contributed by atoms with Crippen LogP contribution in [0.5, 0.6) is 5.75 Å². The topological polar surface area (TPSA) is 79.0 Å². The van der Waals surface area contributed by atoms with Crippen molar-refractivity contribution in [1.82, 2.24) is 0 Å². The van der Waals surface area contributed by atoms with E-state index in [4.69, 9.17) is 4.74 Å². The summed E-state index contributed by atoms with van der Waals surface area (Å²) in [4.78, 5) is 15.5. The Morgan fingerprint density at radius 3 is 2.20 bits per heavy atom. The SMILES string of the molecule is COc1ccc(C)cc1N(CC(=O)Nc1ccc(N2CCCC2)cc1)S(=O)(=O)c1ccc(C)cc1. The molecule has 7 nitrogen and oxygen atoms in total. The van der Waals surface area contributed by atoms with Gasteiger partial charge in [-0.05, 0) is 80.8 Å². The number of carbonyl (C=O) groups is 1. The summed E-state index contributed by atoms with van der Waals surface area (Å²) in [5, 5.41) is 2.84. The van der Waals surface area contributed by atoms with Gasteiger partial charge in [-0.1, -0.05) is 23.8 Å². The summed E-state index contributed by atoms with van der Waals surface area (Å²) in [7, 11) is -2.56. The van der Waals surface area contributed by atoms with Crippen LogP contribution < -0.4 is 19.3 Å². The van der Waals surface area contributed by atoms with Gasteiger partial charge in [0.1, 0.15) is 12.3 Å². The molecule has 184 valence electrons. The van der Waals surface area contributed by atoms with Crippen LogP contribution in [0, 0.1) is 13.8 Å². The number of nitrogens with zero attached hydrogens (tertiary/aromatic N) is 2. The van der Waals surface area contributed by atoms with E-state index in [1.165, 1.54) is 20.0 Å². The van der Waals surface area contributed by atoms with Crippen molar-refractivity contribution in [3.8, 4) is 5.75 Å². The predicted octanol–water partition coefficient (Wildman–Crippen LogP) is 4.75. The molecule has 0 bridgehead atoms. The Kier molecular flexibility index (Phi) is 7.31. The van der Waals surface area contributed by atoms with Gasteiger partial charge in [-0.2, -0.15) is 0 Å². The van der Waals surface area contributed by atoms with Gasteiger partial charge in [0.25, 0.3) is 10.0 Å². The lowest BCUT2D eigenvalue weighted by atomic mass is 10.2. The molecule has 0 saturated carbocycles. The zero-order chi connectivity index (χ0) is 25.0. The second-order valence-electron chi connectivity index (χ2n) is 8.79. The van der Waals surface area contributed by atoms with Gasteiger partial charge in [0.15, 0.2) is 0 Å². The first-order valence-corrected chi connectivity index (χ1v) is 13.1. The van der Waals surface area contributed by atoms with Crippen LogP contribution in [0.15, 0.2) is 71.6 Å². The standard InChI is InChI=1S/C27H31N3O4S/c1-20-6-13-24(14-7-20)35(32,33)30(25-18-21(2)8-15-26(25)34-3)19-27(31)28-22-9-11-23(12-10-22)29-16-4-5-17-29/h6-15,18H,4-5,16-17,19H2,1-3H3,(H,28,31). The Morgan fingerprint density at radius 1 is 0.943 bits per heavy atom. The number of aryl methyl sites for hydroxylation is 2. The van der Waals surface area contributed by atoms with E-state index in [0.717, 1.165) is 34.2 Å². The summed E-state index contributed by atoms with van der Waals surface area (Å²) in [5.41, 5.74) is 3.84. The summed E-state index contributed by atoms with van der Waals surface area (Å²) < 4.78 is 33.9. The van der Waals surface area contributed by atoms with Crippen LogP contribution in [0.4, 0.5) is 17.1 Å². The highest BCUT2D eigenvalue weighted by molar-refractivity contribution is 7.92. The minimum atomic E-state index is -4.04. The fraction of sp³-hybridized carbons (Fsp3) is 0.296. The van der Waals surface area contributed by atoms with Crippen molar-refractivity contribution < 1.29 is 17.9 Å². The molecule has 0 spiro atoms. The van der Waals surface area contributed by atoms with Crippen LogP contribution in [-0.2, 0) is 14.8 Å². The summed E-state index contributed by atoms with van der Waals surface area (Å²) >= 11 is 0. The third kappa shape index (κ3) is 5.59. The van der Waals surface area contributed by atoms with Gasteiger partial charge >= 0.3 is 0 Å². The molecule has 0 unspecified atom stereocenters. The van der Waals surface area contributed by atoms with Crippen molar-refractivity contribution >= 4 is 33.0 Å². The lowest BCUT2D eigenvalue weighted by molar-refractivity contribution is -0.114. The Bertz CT molecular complexity index is 1280. The van der Waals surface area contributed by atoms with Crippen LogP contribution in [0.2, 0.25) is 0 Å². The van der Waals surface area contributed by atoms with E-state index in [9.17, 15) is 13.2 Å². The average Bonchev–Trinajstić information content (AvgIpc) is 3.38. The fourth-order valence-corrected chi connectivity index (χ4v) is 5.62. The van der Waals surface area contributed by atoms with Crippen molar-refractivity contribution in [2.75, 3.05) is 41.3 Å². The number of hydrogen-bond acceptors (Lipinski definition) is 5. The van der Waals surface area contributed by atoms with Crippen molar-refractivity contribution in [2.24, 2.45) is 0 Å². The molecule has 1 amide bonds. The first-order chi connectivity index (χ1) is 16.8. The highest BCUT2D eigenvalue weighted by Crippen LogP contribution is 2.33. The molecule has 0 radical (unpaired) electrons. The Hall–Kier alpha value is -3.52. The van der Waals surface area contributed by atoms with Gasteiger partial charge in [-0.3, -0.25) is 9.10 Å². The van der Waals surface area contributed by atoms with Gasteiger partial charge in [-0.25, -0.2) is 8.42 Å². The highest BCUT2D eigenvalue weighted by Gasteiger charge is 2.29. The number of benzene rings is 3. The lowest BCUT2D eigenvalue weighted by Gasteiger charge is -2.26. The van der Waals surface area contributed by atoms with Gasteiger partial charge in [-0.15, -0.1) is 0 Å². The number of carbonyl (C=O) groups excluding carboxylic acids is 1. The quantitative estimate of drug-likeness (QED) is 0.490. The van der Waals surface area contributed by atoms with Crippen molar-refractivity contribution in [2.45, 2.75) is 31.6 Å². The highest BCUT2D eigenvalue weighted by atomic mass is 32.2. The Labute approximate surface area is 207 Å². The minimum Gasteiger partial charge on any atom is -0.495 e. The largest absolute Gasteiger partial charge is 0.495 e. The van der Waals surface area contributed by atoms with Gasteiger partial charge in [0.2, 0.25) is 5.91 Å². The third-order valence-electron chi connectivity index (χ3n) is 6.12. The van der Waals surface area contributed by atoms with Crippen LogP contribution in [0.3, 0.4) is 0 Å². The normalized spacial score (nSPS) is 13.5. The van der Waals surface area contributed by atoms with Crippen molar-refractivity contribution in [3.63, 3.8) is 0 Å². The summed E-state index contributed by atoms with van der Waals surface area (Å²) in [6, 6.07) is 19.5. The van der Waals surface area contributed by atoms with Crippen LogP contribution in [0.1, 0.15) is 24.0 Å². The van der Waals surface area contributed by atoms with Crippen LogP contribution in [0.25, 0.3) is 0 Å². The molecule has 1 aliphatic heterocycles. The lowest BCUT2D eigenvalue weighted by Crippen LogP contribution is -2.38. The second kappa shape index (κ2) is 10.4. The number of nitrogens with one attached hydrogen (secondary N) is 1. The smallest absolute Gasteiger partial charge is 0.264 e. The summed E-state index contributed by atoms with van der Waals surface area (Å²) in [6.45, 7) is 5.43. The van der Waals surface area contributed by atoms with Crippen LogP contribution in [-0.4, -0.2) is 41.1 Å². The molecule has 3 aromatic carbocycles.